The lowest BCUT2D eigenvalue weighted by Gasteiger charge is -2.29. The summed E-state index contributed by atoms with van der Waals surface area (Å²) < 4.78 is 5.13. The zero-order valence-electron chi connectivity index (χ0n) is 15.1. The van der Waals surface area contributed by atoms with E-state index in [2.05, 4.69) is 11.4 Å². The van der Waals surface area contributed by atoms with E-state index in [0.29, 0.717) is 6.54 Å². The predicted molar refractivity (Wildman–Crippen MR) is 103 cm³/mol. The molecule has 26 heavy (non-hydrogen) atoms. The summed E-state index contributed by atoms with van der Waals surface area (Å²) in [5, 5.41) is 3.75. The minimum Gasteiger partial charge on any atom is -0.497 e. The molecule has 0 radical (unpaired) electrons. The van der Waals surface area contributed by atoms with Crippen LogP contribution in [0, 0.1) is 0 Å². The van der Waals surface area contributed by atoms with Gasteiger partial charge in [0.2, 0.25) is 0 Å². The normalized spacial score (nSPS) is 19.8. The average Bonchev–Trinajstić information content (AvgIpc) is 2.64. The molecule has 0 aliphatic carbocycles. The molecule has 0 bridgehead atoms. The molecule has 1 aliphatic rings. The zero-order chi connectivity index (χ0) is 18.4. The molecular weight excluding hydrogens is 350 g/mol. The molecular formula is C20H26ClN3O2+2. The average molecular weight is 376 g/mol. The van der Waals surface area contributed by atoms with E-state index in [1.54, 1.807) is 12.0 Å². The molecule has 1 heterocycles. The lowest BCUT2D eigenvalue weighted by molar-refractivity contribution is -1.02. The fourth-order valence-electron chi connectivity index (χ4n) is 3.35. The second kappa shape index (κ2) is 9.03. The van der Waals surface area contributed by atoms with Crippen molar-refractivity contribution in [2.75, 3.05) is 45.2 Å². The van der Waals surface area contributed by atoms with Crippen LogP contribution in [-0.2, 0) is 11.3 Å². The number of hydrogen-bond donors (Lipinski definition) is 3. The molecule has 1 aliphatic heterocycles. The van der Waals surface area contributed by atoms with Gasteiger partial charge in [0.15, 0.2) is 6.54 Å². The third kappa shape index (κ3) is 5.46. The number of ether oxygens (including phenoxy) is 1. The van der Waals surface area contributed by atoms with Gasteiger partial charge in [0.05, 0.1) is 7.11 Å². The number of carbonyl (C=O) groups is 1. The number of methoxy groups -OCH3 is 1. The van der Waals surface area contributed by atoms with Crippen LogP contribution < -0.4 is 19.9 Å². The molecule has 1 fully saturated rings. The van der Waals surface area contributed by atoms with Crippen LogP contribution in [0.2, 0.25) is 5.02 Å². The monoisotopic (exact) mass is 375 g/mol. The fraction of sp³-hybridized carbons (Fsp3) is 0.350. The molecule has 6 heteroatoms. The molecule has 3 rings (SSSR count). The molecule has 0 aromatic heterocycles. The molecule has 1 saturated heterocycles. The first-order chi connectivity index (χ1) is 12.6. The maximum Gasteiger partial charge on any atom is 0.279 e. The van der Waals surface area contributed by atoms with E-state index in [1.165, 1.54) is 10.5 Å². The first-order valence-electron chi connectivity index (χ1n) is 8.98. The summed E-state index contributed by atoms with van der Waals surface area (Å²) in [6, 6.07) is 15.5. The van der Waals surface area contributed by atoms with Gasteiger partial charge in [-0.05, 0) is 36.4 Å². The number of nitrogens with one attached hydrogen (secondary N) is 3. The summed E-state index contributed by atoms with van der Waals surface area (Å²) in [7, 11) is 1.63. The number of carbonyl (C=O) groups excluding carboxylic acids is 1. The van der Waals surface area contributed by atoms with Gasteiger partial charge in [-0.2, -0.15) is 0 Å². The Labute approximate surface area is 159 Å². The summed E-state index contributed by atoms with van der Waals surface area (Å²) in [5.41, 5.74) is 2.08. The van der Waals surface area contributed by atoms with Crippen molar-refractivity contribution < 1.29 is 19.3 Å². The molecule has 0 unspecified atom stereocenters. The number of anilines is 1. The molecule has 2 aromatic carbocycles. The van der Waals surface area contributed by atoms with Gasteiger partial charge in [0, 0.05) is 16.3 Å². The summed E-state index contributed by atoms with van der Waals surface area (Å²) in [4.78, 5) is 15.1. The van der Waals surface area contributed by atoms with Crippen molar-refractivity contribution in [1.29, 1.82) is 0 Å². The van der Waals surface area contributed by atoms with Crippen molar-refractivity contribution in [1.82, 2.24) is 0 Å². The quantitative estimate of drug-likeness (QED) is 0.679. The van der Waals surface area contributed by atoms with Crippen molar-refractivity contribution in [2.24, 2.45) is 0 Å². The highest BCUT2D eigenvalue weighted by Crippen LogP contribution is 2.14. The van der Waals surface area contributed by atoms with Crippen molar-refractivity contribution in [3.05, 3.63) is 59.1 Å². The number of amides is 1. The standard InChI is InChI=1S/C20H24ClN3O2/c1-26-19-7-5-18(6-8-19)22-20(25)15-24-11-9-23(10-12-24)14-16-3-2-4-17(21)13-16/h2-8,13H,9-12,14-15H2,1H3,(H,22,25)/p+2. The van der Waals surface area contributed by atoms with Gasteiger partial charge in [-0.15, -0.1) is 0 Å². The fourth-order valence-corrected chi connectivity index (χ4v) is 3.57. The Morgan fingerprint density at radius 3 is 2.42 bits per heavy atom. The first kappa shape index (κ1) is 18.7. The minimum atomic E-state index is 0.0588. The maximum absolute atomic E-state index is 12.3. The molecule has 0 saturated carbocycles. The van der Waals surface area contributed by atoms with Crippen LogP contribution in [0.25, 0.3) is 0 Å². The van der Waals surface area contributed by atoms with Crippen LogP contribution in [0.3, 0.4) is 0 Å². The van der Waals surface area contributed by atoms with Gasteiger partial charge in [-0.25, -0.2) is 0 Å². The smallest absolute Gasteiger partial charge is 0.279 e. The SMILES string of the molecule is COc1ccc(NC(=O)C[NH+]2CC[NH+](Cc3cccc(Cl)c3)CC2)cc1. The Balaban J connectivity index is 1.42. The van der Waals surface area contributed by atoms with Crippen molar-refractivity contribution in [2.45, 2.75) is 6.54 Å². The number of piperazine rings is 1. The molecule has 0 atom stereocenters. The number of rotatable bonds is 6. The van der Waals surface area contributed by atoms with Crippen LogP contribution >= 0.6 is 11.6 Å². The Morgan fingerprint density at radius 2 is 1.77 bits per heavy atom. The summed E-state index contributed by atoms with van der Waals surface area (Å²) in [5.74, 6) is 0.843. The van der Waals surface area contributed by atoms with E-state index in [9.17, 15) is 4.79 Å². The van der Waals surface area contributed by atoms with Crippen LogP contribution in [0.15, 0.2) is 48.5 Å². The van der Waals surface area contributed by atoms with E-state index in [4.69, 9.17) is 16.3 Å². The predicted octanol–water partition coefficient (Wildman–Crippen LogP) is 0.271. The van der Waals surface area contributed by atoms with Crippen LogP contribution in [0.4, 0.5) is 5.69 Å². The van der Waals surface area contributed by atoms with Gasteiger partial charge in [-0.1, -0.05) is 23.7 Å². The van der Waals surface area contributed by atoms with E-state index < -0.39 is 0 Å². The Bertz CT molecular complexity index is 728. The van der Waals surface area contributed by atoms with Gasteiger partial charge >= 0.3 is 0 Å². The van der Waals surface area contributed by atoms with E-state index in [1.807, 2.05) is 42.5 Å². The van der Waals surface area contributed by atoms with Crippen molar-refractivity contribution >= 4 is 23.2 Å². The Kier molecular flexibility index (Phi) is 6.50. The number of quaternary nitrogens is 2. The van der Waals surface area contributed by atoms with Crippen LogP contribution in [0.5, 0.6) is 5.75 Å². The molecule has 5 nitrogen and oxygen atoms in total. The molecule has 0 spiro atoms. The second-order valence-electron chi connectivity index (χ2n) is 6.76. The van der Waals surface area contributed by atoms with E-state index in [-0.39, 0.29) is 5.91 Å². The summed E-state index contributed by atoms with van der Waals surface area (Å²) in [6.07, 6.45) is 0. The molecule has 138 valence electrons. The Morgan fingerprint density at radius 1 is 1.08 bits per heavy atom. The summed E-state index contributed by atoms with van der Waals surface area (Å²) >= 11 is 6.06. The minimum absolute atomic E-state index is 0.0588. The lowest BCUT2D eigenvalue weighted by atomic mass is 10.2. The third-order valence-electron chi connectivity index (χ3n) is 4.79. The number of halogens is 1. The number of hydrogen-bond acceptors (Lipinski definition) is 2. The first-order valence-corrected chi connectivity index (χ1v) is 9.35. The van der Waals surface area contributed by atoms with E-state index >= 15 is 0 Å². The highest BCUT2D eigenvalue weighted by Gasteiger charge is 2.24. The molecule has 1 amide bonds. The molecule has 3 N–H and O–H groups in total. The summed E-state index contributed by atoms with van der Waals surface area (Å²) in [6.45, 7) is 5.65. The second-order valence-corrected chi connectivity index (χ2v) is 7.20. The van der Waals surface area contributed by atoms with Gasteiger partial charge in [-0.3, -0.25) is 4.79 Å². The largest absolute Gasteiger partial charge is 0.497 e. The maximum atomic E-state index is 12.3. The number of benzene rings is 2. The highest BCUT2D eigenvalue weighted by atomic mass is 35.5. The molecule has 2 aromatic rings. The van der Waals surface area contributed by atoms with Crippen LogP contribution in [0.1, 0.15) is 5.56 Å². The third-order valence-corrected chi connectivity index (χ3v) is 5.03. The van der Waals surface area contributed by atoms with E-state index in [0.717, 1.165) is 49.2 Å². The zero-order valence-corrected chi connectivity index (χ0v) is 15.8. The van der Waals surface area contributed by atoms with Gasteiger partial charge < -0.3 is 19.9 Å². The van der Waals surface area contributed by atoms with Crippen molar-refractivity contribution in [3.63, 3.8) is 0 Å². The van der Waals surface area contributed by atoms with Gasteiger partial charge in [0.25, 0.3) is 5.91 Å². The topological polar surface area (TPSA) is 47.2 Å². The van der Waals surface area contributed by atoms with Crippen molar-refractivity contribution in [3.8, 4) is 5.75 Å². The Hall–Kier alpha value is -2.08. The highest BCUT2D eigenvalue weighted by molar-refractivity contribution is 6.30. The van der Waals surface area contributed by atoms with Gasteiger partial charge in [0.1, 0.15) is 38.5 Å². The van der Waals surface area contributed by atoms with Crippen LogP contribution in [-0.4, -0.2) is 45.7 Å². The lowest BCUT2D eigenvalue weighted by Crippen LogP contribution is -3.28.